The van der Waals surface area contributed by atoms with Crippen LogP contribution in [0.1, 0.15) is 5.56 Å². The van der Waals surface area contributed by atoms with Crippen LogP contribution in [0, 0.1) is 0 Å². The summed E-state index contributed by atoms with van der Waals surface area (Å²) >= 11 is -1.50. The molecule has 0 radical (unpaired) electrons. The molecule has 26 heavy (non-hydrogen) atoms. The van der Waals surface area contributed by atoms with Crippen LogP contribution in [-0.2, 0) is 16.9 Å². The summed E-state index contributed by atoms with van der Waals surface area (Å²) in [5.74, 6) is 0.242. The van der Waals surface area contributed by atoms with Gasteiger partial charge >= 0.3 is 5.16 Å². The second-order valence-corrected chi connectivity index (χ2v) is 7.08. The second kappa shape index (κ2) is 7.11. The molecular weight excluding hydrogens is 346 g/mol. The lowest BCUT2D eigenvalue weighted by atomic mass is 10.2. The minimum absolute atomic E-state index is 0.226. The maximum absolute atomic E-state index is 13.1. The zero-order chi connectivity index (χ0) is 17.9. The van der Waals surface area contributed by atoms with Crippen LogP contribution in [0.25, 0.3) is 16.6 Å². The summed E-state index contributed by atoms with van der Waals surface area (Å²) in [5.41, 5.74) is 1.79. The Bertz CT molecular complexity index is 1100. The zero-order valence-electron chi connectivity index (χ0n) is 13.8. The molecule has 2 heterocycles. The van der Waals surface area contributed by atoms with Crippen molar-refractivity contribution >= 4 is 22.1 Å². The van der Waals surface area contributed by atoms with E-state index in [4.69, 9.17) is 0 Å². The molecule has 1 atom stereocenters. The fraction of sp³-hybridized carbons (Fsp3) is 0.0500. The Labute approximate surface area is 153 Å². The minimum atomic E-state index is -1.50. The first-order valence-electron chi connectivity index (χ1n) is 8.08. The summed E-state index contributed by atoms with van der Waals surface area (Å²) in [5, 5.41) is 0.738. The number of fused-ring (bicyclic) bond motifs is 1. The van der Waals surface area contributed by atoms with E-state index >= 15 is 0 Å². The Balaban J connectivity index is 1.91. The zero-order valence-corrected chi connectivity index (χ0v) is 14.6. The van der Waals surface area contributed by atoms with Crippen LogP contribution in [0.4, 0.5) is 0 Å². The monoisotopic (exact) mass is 361 g/mol. The Kier molecular flexibility index (Phi) is 4.51. The van der Waals surface area contributed by atoms with Crippen LogP contribution in [0.3, 0.4) is 0 Å². The van der Waals surface area contributed by atoms with Crippen LogP contribution in [0.5, 0.6) is 0 Å². The van der Waals surface area contributed by atoms with Gasteiger partial charge in [-0.2, -0.15) is 4.98 Å². The fourth-order valence-electron chi connectivity index (χ4n) is 2.77. The normalized spacial score (nSPS) is 12.2. The van der Waals surface area contributed by atoms with Gasteiger partial charge in [-0.15, -0.1) is 0 Å². The highest BCUT2D eigenvalue weighted by atomic mass is 32.2. The van der Waals surface area contributed by atoms with Gasteiger partial charge in [0.15, 0.2) is 0 Å². The Morgan fingerprint density at radius 2 is 1.73 bits per heavy atom. The van der Waals surface area contributed by atoms with Crippen molar-refractivity contribution in [1.29, 1.82) is 0 Å². The van der Waals surface area contributed by atoms with Crippen LogP contribution >= 0.6 is 0 Å². The van der Waals surface area contributed by atoms with Crippen molar-refractivity contribution in [2.45, 2.75) is 10.9 Å². The number of hydrogen-bond acceptors (Lipinski definition) is 4. The van der Waals surface area contributed by atoms with Crippen molar-refractivity contribution in [3.63, 3.8) is 0 Å². The highest BCUT2D eigenvalue weighted by Crippen LogP contribution is 2.19. The summed E-state index contributed by atoms with van der Waals surface area (Å²) in [6.07, 6.45) is 3.34. The Morgan fingerprint density at radius 1 is 0.962 bits per heavy atom. The Hall–Kier alpha value is -2.96. The van der Waals surface area contributed by atoms with Crippen LogP contribution in [0.2, 0.25) is 0 Å². The molecule has 0 amide bonds. The largest absolute Gasteiger partial charge is 0.609 e. The molecule has 0 aliphatic carbocycles. The maximum atomic E-state index is 13.1. The second-order valence-electron chi connectivity index (χ2n) is 5.74. The van der Waals surface area contributed by atoms with Gasteiger partial charge in [-0.25, -0.2) is 4.57 Å². The van der Waals surface area contributed by atoms with Crippen molar-refractivity contribution in [1.82, 2.24) is 14.5 Å². The predicted octanol–water partition coefficient (Wildman–Crippen LogP) is 3.09. The molecule has 0 fully saturated rings. The van der Waals surface area contributed by atoms with Crippen molar-refractivity contribution < 1.29 is 4.55 Å². The van der Waals surface area contributed by atoms with Crippen molar-refractivity contribution in [3.8, 4) is 5.69 Å². The molecule has 128 valence electrons. The number of benzene rings is 2. The lowest BCUT2D eigenvalue weighted by molar-refractivity contribution is 0.578. The third-order valence-corrected chi connectivity index (χ3v) is 5.26. The molecule has 0 aliphatic heterocycles. The molecule has 0 saturated carbocycles. The van der Waals surface area contributed by atoms with Crippen LogP contribution < -0.4 is 5.56 Å². The van der Waals surface area contributed by atoms with E-state index in [1.807, 2.05) is 42.5 Å². The molecule has 2 aromatic heterocycles. The highest BCUT2D eigenvalue weighted by molar-refractivity contribution is 7.90. The highest BCUT2D eigenvalue weighted by Gasteiger charge is 2.23. The smallest absolute Gasteiger partial charge is 0.331 e. The van der Waals surface area contributed by atoms with Crippen molar-refractivity contribution in [3.05, 3.63) is 95.0 Å². The van der Waals surface area contributed by atoms with E-state index in [1.165, 1.54) is 4.57 Å². The van der Waals surface area contributed by atoms with Crippen LogP contribution in [0.15, 0.2) is 89.1 Å². The standard InChI is InChI=1S/C20H15N3O2S/c24-19-17-10-4-5-11-18(17)22-20(23(19)16-8-2-1-3-9-16)26(25)14-15-7-6-12-21-13-15/h1-13H,14H2. The van der Waals surface area contributed by atoms with E-state index in [0.717, 1.165) is 5.56 Å². The maximum Gasteiger partial charge on any atom is 0.331 e. The van der Waals surface area contributed by atoms with Gasteiger partial charge in [-0.05, 0) is 30.3 Å². The average Bonchev–Trinajstić information content (AvgIpc) is 2.69. The van der Waals surface area contributed by atoms with E-state index in [1.54, 1.807) is 36.7 Å². The molecule has 1 unspecified atom stereocenters. The third kappa shape index (κ3) is 3.12. The molecule has 0 N–H and O–H groups in total. The first-order valence-corrected chi connectivity index (χ1v) is 9.40. The first kappa shape index (κ1) is 16.5. The number of nitrogens with zero attached hydrogens (tertiary/aromatic N) is 3. The molecule has 6 heteroatoms. The summed E-state index contributed by atoms with van der Waals surface area (Å²) in [7, 11) is 0. The fourth-order valence-corrected chi connectivity index (χ4v) is 3.96. The van der Waals surface area contributed by atoms with E-state index in [9.17, 15) is 9.35 Å². The van der Waals surface area contributed by atoms with E-state index < -0.39 is 11.2 Å². The quantitative estimate of drug-likeness (QED) is 0.414. The molecule has 0 saturated heterocycles. The minimum Gasteiger partial charge on any atom is -0.609 e. The molecule has 5 nitrogen and oxygen atoms in total. The molecule has 0 bridgehead atoms. The van der Waals surface area contributed by atoms with Gasteiger partial charge in [-0.3, -0.25) is 9.78 Å². The van der Waals surface area contributed by atoms with Crippen molar-refractivity contribution in [2.75, 3.05) is 0 Å². The SMILES string of the molecule is O=c1c2ccccc2nc([S+]([O-])Cc2cccnc2)n1-c1ccccc1. The summed E-state index contributed by atoms with van der Waals surface area (Å²) < 4.78 is 14.5. The van der Waals surface area contributed by atoms with E-state index in [-0.39, 0.29) is 16.5 Å². The summed E-state index contributed by atoms with van der Waals surface area (Å²) in [6.45, 7) is 0. The van der Waals surface area contributed by atoms with E-state index in [2.05, 4.69) is 9.97 Å². The number of aromatic nitrogens is 3. The molecule has 0 spiro atoms. The predicted molar refractivity (Wildman–Crippen MR) is 102 cm³/mol. The summed E-state index contributed by atoms with van der Waals surface area (Å²) in [4.78, 5) is 21.7. The van der Waals surface area contributed by atoms with Gasteiger partial charge in [0, 0.05) is 29.1 Å². The summed E-state index contributed by atoms with van der Waals surface area (Å²) in [6, 6.07) is 19.9. The molecule has 2 aromatic carbocycles. The van der Waals surface area contributed by atoms with Gasteiger partial charge in [0.2, 0.25) is 0 Å². The van der Waals surface area contributed by atoms with Gasteiger partial charge in [0.1, 0.15) is 5.75 Å². The lowest BCUT2D eigenvalue weighted by Gasteiger charge is -2.15. The van der Waals surface area contributed by atoms with Gasteiger partial charge in [0.25, 0.3) is 5.56 Å². The molecule has 4 rings (SSSR count). The first-order chi connectivity index (χ1) is 12.7. The van der Waals surface area contributed by atoms with Crippen LogP contribution in [-0.4, -0.2) is 19.1 Å². The van der Waals surface area contributed by atoms with Gasteiger partial charge < -0.3 is 4.55 Å². The topological polar surface area (TPSA) is 70.8 Å². The molecule has 0 aliphatic rings. The lowest BCUT2D eigenvalue weighted by Crippen LogP contribution is -2.27. The number of hydrogen-bond donors (Lipinski definition) is 0. The molecular formula is C20H15N3O2S. The van der Waals surface area contributed by atoms with Gasteiger partial charge in [-0.1, -0.05) is 36.4 Å². The number of para-hydroxylation sites is 2. The average molecular weight is 361 g/mol. The number of pyridine rings is 1. The third-order valence-electron chi connectivity index (χ3n) is 3.98. The van der Waals surface area contributed by atoms with Crippen molar-refractivity contribution in [2.24, 2.45) is 0 Å². The Morgan fingerprint density at radius 3 is 2.50 bits per heavy atom. The number of rotatable bonds is 4. The van der Waals surface area contributed by atoms with Gasteiger partial charge in [0.05, 0.1) is 16.6 Å². The molecule has 4 aromatic rings. The van der Waals surface area contributed by atoms with E-state index in [0.29, 0.717) is 16.6 Å².